The summed E-state index contributed by atoms with van der Waals surface area (Å²) in [7, 11) is -1.38. The van der Waals surface area contributed by atoms with Gasteiger partial charge in [0.1, 0.15) is 0 Å². The van der Waals surface area contributed by atoms with Crippen molar-refractivity contribution >= 4 is 40.0 Å². The van der Waals surface area contributed by atoms with Crippen molar-refractivity contribution in [2.45, 2.75) is 12.8 Å². The van der Waals surface area contributed by atoms with Crippen molar-refractivity contribution in [3.63, 3.8) is 0 Å². The van der Waals surface area contributed by atoms with Crippen LogP contribution in [0.5, 0.6) is 0 Å². The second-order valence-corrected chi connectivity index (χ2v) is 6.51. The SMILES string of the molecule is CN=C(NCCCNS(C)(=O)=O)NCCc1ccccc1.I. The normalized spacial score (nSPS) is 11.6. The van der Waals surface area contributed by atoms with Crippen molar-refractivity contribution in [1.29, 1.82) is 0 Å². The molecule has 1 aromatic carbocycles. The molecule has 1 aromatic rings. The summed E-state index contributed by atoms with van der Waals surface area (Å²) in [5.41, 5.74) is 1.28. The van der Waals surface area contributed by atoms with E-state index < -0.39 is 10.0 Å². The lowest BCUT2D eigenvalue weighted by Gasteiger charge is -2.11. The zero-order chi connectivity index (χ0) is 15.6. The maximum atomic E-state index is 10.9. The number of aliphatic imine (C=N–C) groups is 1. The molecule has 0 heterocycles. The van der Waals surface area contributed by atoms with Gasteiger partial charge in [-0.1, -0.05) is 30.3 Å². The number of nitrogens with one attached hydrogen (secondary N) is 3. The first kappa shape index (κ1) is 21.1. The molecule has 0 amide bonds. The maximum absolute atomic E-state index is 10.9. The molecule has 0 atom stereocenters. The van der Waals surface area contributed by atoms with Crippen molar-refractivity contribution in [3.05, 3.63) is 35.9 Å². The summed E-state index contributed by atoms with van der Waals surface area (Å²) in [6.45, 7) is 1.88. The van der Waals surface area contributed by atoms with E-state index in [1.165, 1.54) is 5.56 Å². The highest BCUT2D eigenvalue weighted by Gasteiger charge is 2.00. The largest absolute Gasteiger partial charge is 0.356 e. The Kier molecular flexibility index (Phi) is 11.2. The number of hydrogen-bond donors (Lipinski definition) is 3. The molecule has 0 aliphatic carbocycles. The van der Waals surface area contributed by atoms with Crippen LogP contribution in [0.15, 0.2) is 35.3 Å². The summed E-state index contributed by atoms with van der Waals surface area (Å²) < 4.78 is 24.2. The van der Waals surface area contributed by atoms with Gasteiger partial charge in [0.25, 0.3) is 0 Å². The van der Waals surface area contributed by atoms with Crippen molar-refractivity contribution in [3.8, 4) is 0 Å². The predicted octanol–water partition coefficient (Wildman–Crippen LogP) is 0.951. The fraction of sp³-hybridized carbons (Fsp3) is 0.500. The standard InChI is InChI=1S/C14H24N4O2S.HI/c1-15-14(16-10-6-11-18-21(2,19)20)17-12-9-13-7-4-3-5-8-13;/h3-5,7-8,18H,6,9-12H2,1-2H3,(H2,15,16,17);1H. The number of halogens is 1. The molecule has 0 bridgehead atoms. The Hall–Kier alpha value is -0.870. The summed E-state index contributed by atoms with van der Waals surface area (Å²) in [6, 6.07) is 10.2. The van der Waals surface area contributed by atoms with E-state index in [9.17, 15) is 8.42 Å². The van der Waals surface area contributed by atoms with Crippen LogP contribution < -0.4 is 15.4 Å². The molecule has 3 N–H and O–H groups in total. The summed E-state index contributed by atoms with van der Waals surface area (Å²) in [5.74, 6) is 0.727. The maximum Gasteiger partial charge on any atom is 0.208 e. The van der Waals surface area contributed by atoms with E-state index in [0.717, 1.165) is 25.2 Å². The van der Waals surface area contributed by atoms with E-state index in [-0.39, 0.29) is 24.0 Å². The van der Waals surface area contributed by atoms with Crippen molar-refractivity contribution < 1.29 is 8.42 Å². The Balaban J connectivity index is 0.00000441. The lowest BCUT2D eigenvalue weighted by atomic mass is 10.1. The monoisotopic (exact) mass is 440 g/mol. The van der Waals surface area contributed by atoms with Crippen LogP contribution in [0.1, 0.15) is 12.0 Å². The van der Waals surface area contributed by atoms with E-state index in [2.05, 4.69) is 32.5 Å². The van der Waals surface area contributed by atoms with Gasteiger partial charge < -0.3 is 10.6 Å². The van der Waals surface area contributed by atoms with Crippen LogP contribution in [0, 0.1) is 0 Å². The van der Waals surface area contributed by atoms with Crippen molar-refractivity contribution in [1.82, 2.24) is 15.4 Å². The second kappa shape index (κ2) is 11.7. The van der Waals surface area contributed by atoms with Crippen molar-refractivity contribution in [2.75, 3.05) is 32.9 Å². The van der Waals surface area contributed by atoms with Gasteiger partial charge in [0, 0.05) is 26.7 Å². The zero-order valence-corrected chi connectivity index (χ0v) is 16.1. The van der Waals surface area contributed by atoms with Gasteiger partial charge in [-0.05, 0) is 18.4 Å². The minimum Gasteiger partial charge on any atom is -0.356 e. The predicted molar refractivity (Wildman–Crippen MR) is 102 cm³/mol. The van der Waals surface area contributed by atoms with E-state index in [1.807, 2.05) is 18.2 Å². The molecule has 0 fully saturated rings. The minimum absolute atomic E-state index is 0. The van der Waals surface area contributed by atoms with E-state index in [0.29, 0.717) is 19.5 Å². The molecular formula is C14H25IN4O2S. The van der Waals surface area contributed by atoms with Gasteiger partial charge in [0.05, 0.1) is 6.26 Å². The average molecular weight is 440 g/mol. The Bertz CT molecular complexity index is 535. The lowest BCUT2D eigenvalue weighted by molar-refractivity contribution is 0.584. The molecule has 0 unspecified atom stereocenters. The molecule has 0 aliphatic rings. The number of rotatable bonds is 8. The number of sulfonamides is 1. The zero-order valence-electron chi connectivity index (χ0n) is 13.0. The highest BCUT2D eigenvalue weighted by Crippen LogP contribution is 1.97. The molecular weight excluding hydrogens is 415 g/mol. The first-order valence-corrected chi connectivity index (χ1v) is 8.83. The van der Waals surface area contributed by atoms with Gasteiger partial charge in [-0.3, -0.25) is 4.99 Å². The van der Waals surface area contributed by atoms with E-state index >= 15 is 0 Å². The van der Waals surface area contributed by atoms with Crippen LogP contribution in [0.3, 0.4) is 0 Å². The molecule has 0 aromatic heterocycles. The third kappa shape index (κ3) is 10.8. The summed E-state index contributed by atoms with van der Waals surface area (Å²) in [5, 5.41) is 6.37. The first-order chi connectivity index (χ1) is 10.0. The topological polar surface area (TPSA) is 82.6 Å². The van der Waals surface area contributed by atoms with E-state index in [1.54, 1.807) is 7.05 Å². The molecule has 126 valence electrons. The van der Waals surface area contributed by atoms with Gasteiger partial charge in [-0.2, -0.15) is 0 Å². The highest BCUT2D eigenvalue weighted by molar-refractivity contribution is 14.0. The van der Waals surface area contributed by atoms with E-state index in [4.69, 9.17) is 0 Å². The van der Waals surface area contributed by atoms with Crippen LogP contribution >= 0.6 is 24.0 Å². The Labute approximate surface area is 150 Å². The molecule has 0 aliphatic heterocycles. The van der Waals surface area contributed by atoms with Crippen LogP contribution in [-0.2, 0) is 16.4 Å². The lowest BCUT2D eigenvalue weighted by Crippen LogP contribution is -2.39. The van der Waals surface area contributed by atoms with Gasteiger partial charge >= 0.3 is 0 Å². The summed E-state index contributed by atoms with van der Waals surface area (Å²) in [6.07, 6.45) is 2.79. The molecule has 0 spiro atoms. The molecule has 0 saturated heterocycles. The Morgan fingerprint density at radius 1 is 1.09 bits per heavy atom. The fourth-order valence-corrected chi connectivity index (χ4v) is 2.26. The van der Waals surface area contributed by atoms with Crippen LogP contribution in [0.4, 0.5) is 0 Å². The summed E-state index contributed by atoms with van der Waals surface area (Å²) in [4.78, 5) is 4.12. The van der Waals surface area contributed by atoms with Crippen LogP contribution in [-0.4, -0.2) is 47.3 Å². The average Bonchev–Trinajstić information content (AvgIpc) is 2.45. The third-order valence-corrected chi connectivity index (χ3v) is 3.51. The highest BCUT2D eigenvalue weighted by atomic mass is 127. The smallest absolute Gasteiger partial charge is 0.208 e. The number of hydrogen-bond acceptors (Lipinski definition) is 3. The molecule has 1 rings (SSSR count). The second-order valence-electron chi connectivity index (χ2n) is 4.68. The first-order valence-electron chi connectivity index (χ1n) is 6.94. The minimum atomic E-state index is -3.10. The molecule has 0 radical (unpaired) electrons. The fourth-order valence-electron chi connectivity index (χ4n) is 1.74. The number of nitrogens with zero attached hydrogens (tertiary/aromatic N) is 1. The Morgan fingerprint density at radius 3 is 2.32 bits per heavy atom. The van der Waals surface area contributed by atoms with Gasteiger partial charge in [0.2, 0.25) is 10.0 Å². The van der Waals surface area contributed by atoms with Gasteiger partial charge in [-0.15, -0.1) is 24.0 Å². The summed E-state index contributed by atoms with van der Waals surface area (Å²) >= 11 is 0. The van der Waals surface area contributed by atoms with Gasteiger partial charge in [-0.25, -0.2) is 13.1 Å². The number of guanidine groups is 1. The van der Waals surface area contributed by atoms with Crippen LogP contribution in [0.2, 0.25) is 0 Å². The van der Waals surface area contributed by atoms with Gasteiger partial charge in [0.15, 0.2) is 5.96 Å². The van der Waals surface area contributed by atoms with Crippen molar-refractivity contribution in [2.24, 2.45) is 4.99 Å². The third-order valence-electron chi connectivity index (χ3n) is 2.78. The van der Waals surface area contributed by atoms with Crippen LogP contribution in [0.25, 0.3) is 0 Å². The molecule has 6 nitrogen and oxygen atoms in total. The molecule has 22 heavy (non-hydrogen) atoms. The molecule has 8 heteroatoms. The quantitative estimate of drug-likeness (QED) is 0.243. The molecule has 0 saturated carbocycles. The Morgan fingerprint density at radius 2 is 1.73 bits per heavy atom. The number of benzene rings is 1.